The molecule has 2 heteroatoms. The molecule has 0 bridgehead atoms. The minimum Gasteiger partial charge on any atom is -0.317 e. The zero-order valence-electron chi connectivity index (χ0n) is 9.70. The van der Waals surface area contributed by atoms with E-state index in [0.717, 1.165) is 11.8 Å². The molecule has 15 heavy (non-hydrogen) atoms. The zero-order valence-corrected chi connectivity index (χ0v) is 10.5. The molecule has 1 aliphatic rings. The molecule has 1 aromatic heterocycles. The number of hydrogen-bond acceptors (Lipinski definition) is 2. The molecule has 1 fully saturated rings. The van der Waals surface area contributed by atoms with Crippen molar-refractivity contribution in [3.05, 3.63) is 22.4 Å². The molecule has 0 amide bonds. The minimum absolute atomic E-state index is 0.708. The Labute approximate surface area is 96.9 Å². The summed E-state index contributed by atoms with van der Waals surface area (Å²) in [5, 5.41) is 5.66. The van der Waals surface area contributed by atoms with E-state index in [0.29, 0.717) is 6.04 Å². The second-order valence-electron chi connectivity index (χ2n) is 4.71. The predicted octanol–water partition coefficient (Wildman–Crippen LogP) is 3.31. The third kappa shape index (κ3) is 3.05. The molecule has 2 atom stereocenters. The Balaban J connectivity index is 1.80. The molecule has 0 saturated heterocycles. The lowest BCUT2D eigenvalue weighted by Gasteiger charge is -2.23. The Morgan fingerprint density at radius 2 is 2.33 bits per heavy atom. The SMILES string of the molecule is CNC(CCc1cccs1)C(C)C1CC1. The molecule has 2 unspecified atom stereocenters. The Hall–Kier alpha value is -0.340. The van der Waals surface area contributed by atoms with Gasteiger partial charge in [0.2, 0.25) is 0 Å². The van der Waals surface area contributed by atoms with E-state index in [-0.39, 0.29) is 0 Å². The first-order chi connectivity index (χ1) is 7.31. The largest absolute Gasteiger partial charge is 0.317 e. The van der Waals surface area contributed by atoms with Crippen molar-refractivity contribution in [2.24, 2.45) is 11.8 Å². The van der Waals surface area contributed by atoms with E-state index in [1.807, 2.05) is 11.3 Å². The summed E-state index contributed by atoms with van der Waals surface area (Å²) in [4.78, 5) is 1.53. The van der Waals surface area contributed by atoms with Gasteiger partial charge in [0.25, 0.3) is 0 Å². The average Bonchev–Trinajstić information content (AvgIpc) is 2.97. The molecule has 84 valence electrons. The standard InChI is InChI=1S/C13H21NS/c1-10(11-5-6-11)13(14-2)8-7-12-4-3-9-15-12/h3-4,9-11,13-14H,5-8H2,1-2H3. The molecule has 0 spiro atoms. The fourth-order valence-electron chi connectivity index (χ4n) is 2.37. The lowest BCUT2D eigenvalue weighted by Crippen LogP contribution is -2.33. The number of rotatable bonds is 6. The van der Waals surface area contributed by atoms with Crippen LogP contribution in [0, 0.1) is 11.8 Å². The van der Waals surface area contributed by atoms with Crippen LogP contribution in [0.1, 0.15) is 31.1 Å². The summed E-state index contributed by atoms with van der Waals surface area (Å²) in [6, 6.07) is 5.11. The summed E-state index contributed by atoms with van der Waals surface area (Å²) < 4.78 is 0. The van der Waals surface area contributed by atoms with Crippen molar-refractivity contribution in [2.75, 3.05) is 7.05 Å². The minimum atomic E-state index is 0.708. The summed E-state index contributed by atoms with van der Waals surface area (Å²) in [6.07, 6.45) is 5.44. The van der Waals surface area contributed by atoms with Gasteiger partial charge in [-0.1, -0.05) is 13.0 Å². The zero-order chi connectivity index (χ0) is 10.7. The number of hydrogen-bond donors (Lipinski definition) is 1. The molecule has 1 N–H and O–H groups in total. The maximum atomic E-state index is 3.49. The molecule has 1 heterocycles. The van der Waals surface area contributed by atoms with Crippen molar-refractivity contribution in [1.29, 1.82) is 0 Å². The summed E-state index contributed by atoms with van der Waals surface area (Å²) in [5.41, 5.74) is 0. The molecular formula is C13H21NS. The second kappa shape index (κ2) is 5.13. The van der Waals surface area contributed by atoms with E-state index in [4.69, 9.17) is 0 Å². The maximum Gasteiger partial charge on any atom is 0.00957 e. The van der Waals surface area contributed by atoms with Gasteiger partial charge >= 0.3 is 0 Å². The topological polar surface area (TPSA) is 12.0 Å². The molecule has 0 aromatic carbocycles. The van der Waals surface area contributed by atoms with Crippen LogP contribution in [0.2, 0.25) is 0 Å². The summed E-state index contributed by atoms with van der Waals surface area (Å²) in [5.74, 6) is 1.86. The van der Waals surface area contributed by atoms with Crippen molar-refractivity contribution >= 4 is 11.3 Å². The van der Waals surface area contributed by atoms with Crippen LogP contribution in [0.3, 0.4) is 0 Å². The fourth-order valence-corrected chi connectivity index (χ4v) is 3.10. The van der Waals surface area contributed by atoms with E-state index in [9.17, 15) is 0 Å². The second-order valence-corrected chi connectivity index (χ2v) is 5.74. The Morgan fingerprint density at radius 3 is 2.87 bits per heavy atom. The molecular weight excluding hydrogens is 202 g/mol. The lowest BCUT2D eigenvalue weighted by molar-refractivity contribution is 0.343. The van der Waals surface area contributed by atoms with Crippen molar-refractivity contribution in [3.8, 4) is 0 Å². The van der Waals surface area contributed by atoms with Crippen molar-refractivity contribution in [3.63, 3.8) is 0 Å². The van der Waals surface area contributed by atoms with Crippen LogP contribution in [0.25, 0.3) is 0 Å². The van der Waals surface area contributed by atoms with Crippen LogP contribution < -0.4 is 5.32 Å². The number of aryl methyl sites for hydroxylation is 1. The Morgan fingerprint density at radius 1 is 1.53 bits per heavy atom. The van der Waals surface area contributed by atoms with Gasteiger partial charge in [0, 0.05) is 10.9 Å². The molecule has 1 aromatic rings. The van der Waals surface area contributed by atoms with E-state index < -0.39 is 0 Å². The van der Waals surface area contributed by atoms with E-state index in [2.05, 4.69) is 36.8 Å². The number of nitrogens with one attached hydrogen (secondary N) is 1. The highest BCUT2D eigenvalue weighted by molar-refractivity contribution is 7.09. The van der Waals surface area contributed by atoms with Crippen LogP contribution in [0.15, 0.2) is 17.5 Å². The molecule has 1 saturated carbocycles. The van der Waals surface area contributed by atoms with Crippen molar-refractivity contribution < 1.29 is 0 Å². The van der Waals surface area contributed by atoms with Gasteiger partial charge in [0.05, 0.1) is 0 Å². The number of thiophene rings is 1. The van der Waals surface area contributed by atoms with Gasteiger partial charge in [-0.05, 0) is 56.0 Å². The van der Waals surface area contributed by atoms with Crippen molar-refractivity contribution in [1.82, 2.24) is 5.32 Å². The van der Waals surface area contributed by atoms with E-state index >= 15 is 0 Å². The average molecular weight is 223 g/mol. The van der Waals surface area contributed by atoms with Crippen LogP contribution in [0.5, 0.6) is 0 Å². The quantitative estimate of drug-likeness (QED) is 0.780. The van der Waals surface area contributed by atoms with Gasteiger partial charge in [0.1, 0.15) is 0 Å². The summed E-state index contributed by atoms with van der Waals surface area (Å²) in [7, 11) is 2.11. The van der Waals surface area contributed by atoms with Gasteiger partial charge < -0.3 is 5.32 Å². The fraction of sp³-hybridized carbons (Fsp3) is 0.692. The summed E-state index contributed by atoms with van der Waals surface area (Å²) in [6.45, 7) is 2.41. The molecule has 0 aliphatic heterocycles. The van der Waals surface area contributed by atoms with Crippen molar-refractivity contribution in [2.45, 2.75) is 38.6 Å². The van der Waals surface area contributed by atoms with Gasteiger partial charge in [-0.2, -0.15) is 0 Å². The highest BCUT2D eigenvalue weighted by atomic mass is 32.1. The van der Waals surface area contributed by atoms with Crippen LogP contribution >= 0.6 is 11.3 Å². The maximum absolute atomic E-state index is 3.49. The third-order valence-electron chi connectivity index (χ3n) is 3.65. The van der Waals surface area contributed by atoms with Gasteiger partial charge in [-0.3, -0.25) is 0 Å². The first kappa shape index (κ1) is 11.2. The highest BCUT2D eigenvalue weighted by Gasteiger charge is 2.32. The molecule has 0 radical (unpaired) electrons. The normalized spacial score (nSPS) is 20.1. The third-order valence-corrected chi connectivity index (χ3v) is 4.59. The monoisotopic (exact) mass is 223 g/mol. The van der Waals surface area contributed by atoms with Gasteiger partial charge in [-0.15, -0.1) is 11.3 Å². The van der Waals surface area contributed by atoms with Crippen LogP contribution in [0.4, 0.5) is 0 Å². The van der Waals surface area contributed by atoms with Crippen LogP contribution in [-0.4, -0.2) is 13.1 Å². The Kier molecular flexibility index (Phi) is 3.81. The molecule has 2 rings (SSSR count). The Bertz CT molecular complexity index is 277. The molecule has 1 nitrogen and oxygen atoms in total. The van der Waals surface area contributed by atoms with E-state index in [1.165, 1.54) is 30.6 Å². The highest BCUT2D eigenvalue weighted by Crippen LogP contribution is 2.39. The first-order valence-electron chi connectivity index (χ1n) is 6.01. The van der Waals surface area contributed by atoms with Gasteiger partial charge in [0.15, 0.2) is 0 Å². The van der Waals surface area contributed by atoms with Crippen LogP contribution in [-0.2, 0) is 6.42 Å². The smallest absolute Gasteiger partial charge is 0.00957 e. The van der Waals surface area contributed by atoms with E-state index in [1.54, 1.807) is 0 Å². The lowest BCUT2D eigenvalue weighted by atomic mass is 9.93. The first-order valence-corrected chi connectivity index (χ1v) is 6.89. The van der Waals surface area contributed by atoms with Gasteiger partial charge in [-0.25, -0.2) is 0 Å². The predicted molar refractivity (Wildman–Crippen MR) is 67.4 cm³/mol. The summed E-state index contributed by atoms with van der Waals surface area (Å²) >= 11 is 1.88. The molecule has 1 aliphatic carbocycles.